The quantitative estimate of drug-likeness (QED) is 0.590. The van der Waals surface area contributed by atoms with Gasteiger partial charge in [0.2, 0.25) is 5.91 Å². The first-order valence-corrected chi connectivity index (χ1v) is 9.25. The summed E-state index contributed by atoms with van der Waals surface area (Å²) in [4.78, 5) is 12.1. The van der Waals surface area contributed by atoms with E-state index in [-0.39, 0.29) is 5.91 Å². The lowest BCUT2D eigenvalue weighted by Crippen LogP contribution is -2.23. The van der Waals surface area contributed by atoms with E-state index in [0.717, 1.165) is 22.6 Å². The summed E-state index contributed by atoms with van der Waals surface area (Å²) in [5.41, 5.74) is 2.97. The molecule has 0 aliphatic heterocycles. The minimum Gasteiger partial charge on any atom is -0.493 e. The first-order chi connectivity index (χ1) is 13.1. The van der Waals surface area contributed by atoms with Crippen molar-refractivity contribution in [2.24, 2.45) is 0 Å². The third-order valence-corrected chi connectivity index (χ3v) is 4.40. The molecule has 1 N–H and O–H groups in total. The molecule has 0 spiro atoms. The standard InChI is InChI=1S/C21H22ClN3O2/c1-16-14-18(22)9-10-20(16)27-13-4-8-21(26)23-15-17-6-2-3-7-19(17)25-12-5-11-24-25/h2-3,5-7,9-12,14H,4,8,13,15H2,1H3,(H,23,26). The third kappa shape index (κ3) is 5.34. The normalized spacial score (nSPS) is 10.6. The SMILES string of the molecule is Cc1cc(Cl)ccc1OCCCC(=O)NCc1ccccc1-n1cccn1. The van der Waals surface area contributed by atoms with Crippen LogP contribution in [0, 0.1) is 6.92 Å². The minimum absolute atomic E-state index is 0.00157. The molecule has 1 aromatic heterocycles. The summed E-state index contributed by atoms with van der Waals surface area (Å²) >= 11 is 5.93. The second-order valence-electron chi connectivity index (χ2n) is 6.22. The number of ether oxygens (including phenoxy) is 1. The van der Waals surface area contributed by atoms with Crippen molar-refractivity contribution in [1.29, 1.82) is 0 Å². The molecule has 0 aliphatic carbocycles. The highest BCUT2D eigenvalue weighted by Gasteiger charge is 2.07. The van der Waals surface area contributed by atoms with Gasteiger partial charge >= 0.3 is 0 Å². The lowest BCUT2D eigenvalue weighted by molar-refractivity contribution is -0.121. The molecule has 1 amide bonds. The number of hydrogen-bond donors (Lipinski definition) is 1. The van der Waals surface area contributed by atoms with Gasteiger partial charge in [-0.15, -0.1) is 0 Å². The Morgan fingerprint density at radius 2 is 2.07 bits per heavy atom. The highest BCUT2D eigenvalue weighted by molar-refractivity contribution is 6.30. The fraction of sp³-hybridized carbons (Fsp3) is 0.238. The molecule has 140 valence electrons. The fourth-order valence-electron chi connectivity index (χ4n) is 2.77. The van der Waals surface area contributed by atoms with Crippen molar-refractivity contribution in [2.45, 2.75) is 26.3 Å². The number of aryl methyl sites for hydroxylation is 1. The zero-order valence-corrected chi connectivity index (χ0v) is 15.9. The van der Waals surface area contributed by atoms with Crippen LogP contribution in [0.3, 0.4) is 0 Å². The average Bonchev–Trinajstić information content (AvgIpc) is 3.20. The smallest absolute Gasteiger partial charge is 0.220 e. The Bertz CT molecular complexity index is 894. The number of nitrogens with zero attached hydrogens (tertiary/aromatic N) is 2. The number of hydrogen-bond acceptors (Lipinski definition) is 3. The Labute approximate surface area is 163 Å². The van der Waals surface area contributed by atoms with E-state index in [4.69, 9.17) is 16.3 Å². The first-order valence-electron chi connectivity index (χ1n) is 8.87. The molecule has 0 aliphatic rings. The van der Waals surface area contributed by atoms with Gasteiger partial charge in [-0.2, -0.15) is 5.10 Å². The van der Waals surface area contributed by atoms with Crippen LogP contribution in [0.4, 0.5) is 0 Å². The van der Waals surface area contributed by atoms with Crippen LogP contribution >= 0.6 is 11.6 Å². The zero-order chi connectivity index (χ0) is 19.1. The summed E-state index contributed by atoms with van der Waals surface area (Å²) in [7, 11) is 0. The van der Waals surface area contributed by atoms with Crippen LogP contribution in [0.1, 0.15) is 24.0 Å². The van der Waals surface area contributed by atoms with Gasteiger partial charge in [0.15, 0.2) is 0 Å². The molecular weight excluding hydrogens is 362 g/mol. The number of carbonyl (C=O) groups is 1. The zero-order valence-electron chi connectivity index (χ0n) is 15.2. The number of carbonyl (C=O) groups excluding carboxylic acids is 1. The van der Waals surface area contributed by atoms with E-state index in [1.807, 2.05) is 55.6 Å². The second kappa shape index (κ2) is 9.24. The molecule has 0 fully saturated rings. The summed E-state index contributed by atoms with van der Waals surface area (Å²) < 4.78 is 7.52. The summed E-state index contributed by atoms with van der Waals surface area (Å²) in [5.74, 6) is 0.801. The van der Waals surface area contributed by atoms with Crippen LogP contribution in [0.2, 0.25) is 5.02 Å². The van der Waals surface area contributed by atoms with Gasteiger partial charge in [0.25, 0.3) is 0 Å². The fourth-order valence-corrected chi connectivity index (χ4v) is 2.99. The number of amides is 1. The number of benzene rings is 2. The topological polar surface area (TPSA) is 56.1 Å². The number of aromatic nitrogens is 2. The molecule has 0 saturated carbocycles. The van der Waals surface area contributed by atoms with Crippen LogP contribution in [0.15, 0.2) is 60.9 Å². The molecule has 0 bridgehead atoms. The lowest BCUT2D eigenvalue weighted by atomic mass is 10.1. The number of nitrogens with one attached hydrogen (secondary N) is 1. The predicted octanol–water partition coefficient (Wildman–Crippen LogP) is 4.31. The maximum absolute atomic E-state index is 12.1. The Morgan fingerprint density at radius 3 is 2.85 bits per heavy atom. The van der Waals surface area contributed by atoms with E-state index >= 15 is 0 Å². The first kappa shape index (κ1) is 19.0. The van der Waals surface area contributed by atoms with Gasteiger partial charge in [-0.3, -0.25) is 4.79 Å². The van der Waals surface area contributed by atoms with Crippen LogP contribution in [-0.4, -0.2) is 22.3 Å². The van der Waals surface area contributed by atoms with Gasteiger partial charge in [0, 0.05) is 30.4 Å². The maximum Gasteiger partial charge on any atom is 0.220 e. The van der Waals surface area contributed by atoms with E-state index in [2.05, 4.69) is 10.4 Å². The maximum atomic E-state index is 12.1. The molecule has 2 aromatic carbocycles. The van der Waals surface area contributed by atoms with Crippen molar-refractivity contribution in [2.75, 3.05) is 6.61 Å². The Morgan fingerprint density at radius 1 is 1.22 bits per heavy atom. The van der Waals surface area contributed by atoms with Gasteiger partial charge in [-0.1, -0.05) is 29.8 Å². The summed E-state index contributed by atoms with van der Waals surface area (Å²) in [5, 5.41) is 7.91. The molecule has 0 saturated heterocycles. The van der Waals surface area contributed by atoms with Gasteiger partial charge in [-0.25, -0.2) is 4.68 Å². The van der Waals surface area contributed by atoms with Crippen LogP contribution in [0.25, 0.3) is 5.69 Å². The van der Waals surface area contributed by atoms with Crippen LogP contribution < -0.4 is 10.1 Å². The molecular formula is C21H22ClN3O2. The van der Waals surface area contributed by atoms with E-state index in [1.165, 1.54) is 0 Å². The molecule has 5 nitrogen and oxygen atoms in total. The van der Waals surface area contributed by atoms with Crippen molar-refractivity contribution in [3.05, 3.63) is 77.1 Å². The Hall–Kier alpha value is -2.79. The second-order valence-corrected chi connectivity index (χ2v) is 6.65. The van der Waals surface area contributed by atoms with Crippen LogP contribution in [0.5, 0.6) is 5.75 Å². The summed E-state index contributed by atoms with van der Waals surface area (Å²) in [6.45, 7) is 2.90. The molecule has 0 radical (unpaired) electrons. The van der Waals surface area contributed by atoms with Gasteiger partial charge in [-0.05, 0) is 54.8 Å². The van der Waals surface area contributed by atoms with Crippen molar-refractivity contribution in [3.8, 4) is 11.4 Å². The van der Waals surface area contributed by atoms with E-state index < -0.39 is 0 Å². The highest BCUT2D eigenvalue weighted by atomic mass is 35.5. The molecule has 3 aromatic rings. The number of para-hydroxylation sites is 1. The number of halogens is 1. The summed E-state index contributed by atoms with van der Waals surface area (Å²) in [6, 6.07) is 15.3. The lowest BCUT2D eigenvalue weighted by Gasteiger charge is -2.11. The summed E-state index contributed by atoms with van der Waals surface area (Å²) in [6.07, 6.45) is 4.68. The largest absolute Gasteiger partial charge is 0.493 e. The third-order valence-electron chi connectivity index (χ3n) is 4.16. The molecule has 6 heteroatoms. The molecule has 1 heterocycles. The predicted molar refractivity (Wildman–Crippen MR) is 106 cm³/mol. The van der Waals surface area contributed by atoms with Crippen molar-refractivity contribution in [1.82, 2.24) is 15.1 Å². The molecule has 0 atom stereocenters. The van der Waals surface area contributed by atoms with Gasteiger partial charge in [0.05, 0.1) is 12.3 Å². The van der Waals surface area contributed by atoms with Crippen molar-refractivity contribution < 1.29 is 9.53 Å². The molecule has 3 rings (SSSR count). The van der Waals surface area contributed by atoms with E-state index in [0.29, 0.717) is 31.0 Å². The minimum atomic E-state index is 0.00157. The number of rotatable bonds is 8. The highest BCUT2D eigenvalue weighted by Crippen LogP contribution is 2.22. The monoisotopic (exact) mass is 383 g/mol. The Balaban J connectivity index is 1.44. The molecule has 27 heavy (non-hydrogen) atoms. The molecule has 0 unspecified atom stereocenters. The van der Waals surface area contributed by atoms with Crippen molar-refractivity contribution in [3.63, 3.8) is 0 Å². The van der Waals surface area contributed by atoms with E-state index in [9.17, 15) is 4.79 Å². The average molecular weight is 384 g/mol. The Kier molecular flexibility index (Phi) is 6.49. The van der Waals surface area contributed by atoms with Gasteiger partial charge in [0.1, 0.15) is 5.75 Å². The van der Waals surface area contributed by atoms with E-state index in [1.54, 1.807) is 16.9 Å². The van der Waals surface area contributed by atoms with Crippen molar-refractivity contribution >= 4 is 17.5 Å². The van der Waals surface area contributed by atoms with Crippen LogP contribution in [-0.2, 0) is 11.3 Å². The van der Waals surface area contributed by atoms with Gasteiger partial charge < -0.3 is 10.1 Å².